The number of unbranched alkanes of at least 4 members (excludes halogenated alkanes) is 1. The van der Waals surface area contributed by atoms with Crippen molar-refractivity contribution in [1.82, 2.24) is 4.90 Å². The fourth-order valence-electron chi connectivity index (χ4n) is 1.63. The Kier molecular flexibility index (Phi) is 6.36. The van der Waals surface area contributed by atoms with Crippen LogP contribution in [0.3, 0.4) is 0 Å². The highest BCUT2D eigenvalue weighted by atomic mass is 35.5. The molecule has 1 aromatic rings. The lowest BCUT2D eigenvalue weighted by Crippen LogP contribution is -2.19. The molecule has 0 saturated heterocycles. The summed E-state index contributed by atoms with van der Waals surface area (Å²) in [6.07, 6.45) is 3.56. The van der Waals surface area contributed by atoms with Crippen LogP contribution in [0.1, 0.15) is 31.1 Å². The largest absolute Gasteiger partial charge is 0.328 e. The molecule has 0 radical (unpaired) electrons. The third-order valence-electron chi connectivity index (χ3n) is 2.50. The van der Waals surface area contributed by atoms with Crippen LogP contribution in [0.15, 0.2) is 12.1 Å². The first kappa shape index (κ1) is 14.0. The summed E-state index contributed by atoms with van der Waals surface area (Å²) in [5.74, 6) is 0. The van der Waals surface area contributed by atoms with Crippen LogP contribution in [0.25, 0.3) is 0 Å². The zero-order valence-electron chi connectivity index (χ0n) is 10.1. The predicted octanol–water partition coefficient (Wildman–Crippen LogP) is 3.35. The minimum atomic E-state index is 0.335. The summed E-state index contributed by atoms with van der Waals surface area (Å²) in [7, 11) is 2.15. The van der Waals surface area contributed by atoms with Gasteiger partial charge in [-0.2, -0.15) is 0 Å². The van der Waals surface area contributed by atoms with Gasteiger partial charge in [-0.25, -0.2) is 0 Å². The van der Waals surface area contributed by atoms with Crippen LogP contribution in [-0.4, -0.2) is 24.5 Å². The van der Waals surface area contributed by atoms with E-state index in [1.165, 1.54) is 17.7 Å². The molecule has 92 valence electrons. The van der Waals surface area contributed by atoms with Crippen LogP contribution < -0.4 is 5.73 Å². The minimum absolute atomic E-state index is 0.335. The maximum absolute atomic E-state index is 5.89. The molecular weight excluding hydrogens is 240 g/mol. The van der Waals surface area contributed by atoms with Crippen molar-refractivity contribution in [2.75, 3.05) is 13.6 Å². The van der Waals surface area contributed by atoms with E-state index in [4.69, 9.17) is 17.3 Å². The van der Waals surface area contributed by atoms with Gasteiger partial charge in [0.1, 0.15) is 0 Å². The first-order valence-corrected chi connectivity index (χ1v) is 6.95. The van der Waals surface area contributed by atoms with Crippen LogP contribution in [-0.2, 0) is 6.54 Å². The number of hydrogen-bond donors (Lipinski definition) is 1. The molecule has 0 spiro atoms. The molecule has 0 aliphatic carbocycles. The monoisotopic (exact) mass is 260 g/mol. The maximum atomic E-state index is 5.89. The highest BCUT2D eigenvalue weighted by Gasteiger charge is 2.03. The van der Waals surface area contributed by atoms with E-state index in [2.05, 4.69) is 24.9 Å². The van der Waals surface area contributed by atoms with E-state index < -0.39 is 0 Å². The molecule has 2 N–H and O–H groups in total. The van der Waals surface area contributed by atoms with Gasteiger partial charge in [-0.3, -0.25) is 0 Å². The Balaban J connectivity index is 2.13. The van der Waals surface area contributed by atoms with Crippen molar-refractivity contribution in [3.05, 3.63) is 21.3 Å². The lowest BCUT2D eigenvalue weighted by atomic mass is 10.1. The Morgan fingerprint density at radius 2 is 2.19 bits per heavy atom. The Labute approximate surface area is 107 Å². The topological polar surface area (TPSA) is 29.3 Å². The maximum Gasteiger partial charge on any atom is 0.0931 e. The van der Waals surface area contributed by atoms with E-state index in [-0.39, 0.29) is 0 Å². The zero-order valence-corrected chi connectivity index (χ0v) is 11.7. The summed E-state index contributed by atoms with van der Waals surface area (Å²) in [6.45, 7) is 4.19. The molecule has 0 amide bonds. The molecule has 0 fully saturated rings. The fourth-order valence-corrected chi connectivity index (χ4v) is 2.80. The van der Waals surface area contributed by atoms with Crippen molar-refractivity contribution in [3.63, 3.8) is 0 Å². The number of rotatable bonds is 7. The summed E-state index contributed by atoms with van der Waals surface area (Å²) in [5.41, 5.74) is 5.71. The second kappa shape index (κ2) is 7.28. The molecular formula is C12H21ClN2S. The molecule has 0 saturated carbocycles. The molecule has 0 aliphatic heterocycles. The zero-order chi connectivity index (χ0) is 12.0. The number of hydrogen-bond acceptors (Lipinski definition) is 3. The summed E-state index contributed by atoms with van der Waals surface area (Å²) in [4.78, 5) is 3.67. The van der Waals surface area contributed by atoms with Gasteiger partial charge in [0.2, 0.25) is 0 Å². The molecule has 1 aromatic heterocycles. The lowest BCUT2D eigenvalue weighted by Gasteiger charge is -2.15. The Bertz CT molecular complexity index is 299. The number of nitrogens with zero attached hydrogens (tertiary/aromatic N) is 1. The highest BCUT2D eigenvalue weighted by molar-refractivity contribution is 7.16. The number of thiophene rings is 1. The SMILES string of the molecule is CC(N)CCCCN(C)Cc1ccc(Cl)s1. The fraction of sp³-hybridized carbons (Fsp3) is 0.667. The minimum Gasteiger partial charge on any atom is -0.328 e. The van der Waals surface area contributed by atoms with Crippen LogP contribution in [0, 0.1) is 0 Å². The molecule has 1 heterocycles. The van der Waals surface area contributed by atoms with E-state index in [0.717, 1.165) is 23.8 Å². The molecule has 16 heavy (non-hydrogen) atoms. The lowest BCUT2D eigenvalue weighted by molar-refractivity contribution is 0.318. The molecule has 1 rings (SSSR count). The first-order valence-electron chi connectivity index (χ1n) is 5.76. The third-order valence-corrected chi connectivity index (χ3v) is 3.72. The van der Waals surface area contributed by atoms with Gasteiger partial charge in [-0.15, -0.1) is 11.3 Å². The van der Waals surface area contributed by atoms with Gasteiger partial charge in [0.05, 0.1) is 4.34 Å². The molecule has 1 atom stereocenters. The van der Waals surface area contributed by atoms with E-state index >= 15 is 0 Å². The van der Waals surface area contributed by atoms with Gasteiger partial charge in [0.25, 0.3) is 0 Å². The molecule has 0 aliphatic rings. The van der Waals surface area contributed by atoms with Crippen molar-refractivity contribution in [1.29, 1.82) is 0 Å². The highest BCUT2D eigenvalue weighted by Crippen LogP contribution is 2.22. The van der Waals surface area contributed by atoms with Crippen LogP contribution in [0.4, 0.5) is 0 Å². The van der Waals surface area contributed by atoms with Gasteiger partial charge < -0.3 is 10.6 Å². The van der Waals surface area contributed by atoms with Crippen molar-refractivity contribution in [2.45, 2.75) is 38.8 Å². The predicted molar refractivity (Wildman–Crippen MR) is 73.2 cm³/mol. The van der Waals surface area contributed by atoms with Crippen LogP contribution in [0.2, 0.25) is 4.34 Å². The standard InChI is InChI=1S/C12H21ClN2S/c1-10(14)5-3-4-8-15(2)9-11-6-7-12(13)16-11/h6-7,10H,3-5,8-9,14H2,1-2H3. The van der Waals surface area contributed by atoms with Crippen molar-refractivity contribution in [2.24, 2.45) is 5.73 Å². The normalized spacial score (nSPS) is 13.3. The summed E-state index contributed by atoms with van der Waals surface area (Å²) < 4.78 is 0.875. The molecule has 2 nitrogen and oxygen atoms in total. The smallest absolute Gasteiger partial charge is 0.0931 e. The molecule has 1 unspecified atom stereocenters. The van der Waals surface area contributed by atoms with Crippen molar-refractivity contribution in [3.8, 4) is 0 Å². The summed E-state index contributed by atoms with van der Waals surface area (Å²) in [6, 6.07) is 4.40. The first-order chi connectivity index (χ1) is 7.58. The molecule has 0 aromatic carbocycles. The third kappa shape index (κ3) is 5.85. The second-order valence-electron chi connectivity index (χ2n) is 4.42. The van der Waals surface area contributed by atoms with E-state index in [0.29, 0.717) is 6.04 Å². The van der Waals surface area contributed by atoms with Gasteiger partial charge in [-0.05, 0) is 45.5 Å². The molecule has 4 heteroatoms. The van der Waals surface area contributed by atoms with Crippen molar-refractivity contribution >= 4 is 22.9 Å². The Hall–Kier alpha value is -0.0900. The van der Waals surface area contributed by atoms with Gasteiger partial charge in [0, 0.05) is 17.5 Å². The average Bonchev–Trinajstić information content (AvgIpc) is 2.58. The number of halogens is 1. The van der Waals surface area contributed by atoms with Crippen LogP contribution >= 0.6 is 22.9 Å². The number of nitrogens with two attached hydrogens (primary N) is 1. The van der Waals surface area contributed by atoms with E-state index in [1.54, 1.807) is 11.3 Å². The average molecular weight is 261 g/mol. The summed E-state index contributed by atoms with van der Waals surface area (Å²) in [5, 5.41) is 0. The van der Waals surface area contributed by atoms with Gasteiger partial charge >= 0.3 is 0 Å². The Morgan fingerprint density at radius 1 is 1.44 bits per heavy atom. The van der Waals surface area contributed by atoms with Gasteiger partial charge in [-0.1, -0.05) is 18.0 Å². The second-order valence-corrected chi connectivity index (χ2v) is 6.22. The van der Waals surface area contributed by atoms with Crippen LogP contribution in [0.5, 0.6) is 0 Å². The van der Waals surface area contributed by atoms with E-state index in [9.17, 15) is 0 Å². The van der Waals surface area contributed by atoms with E-state index in [1.807, 2.05) is 6.07 Å². The van der Waals surface area contributed by atoms with Crippen molar-refractivity contribution < 1.29 is 0 Å². The summed E-state index contributed by atoms with van der Waals surface area (Å²) >= 11 is 7.56. The Morgan fingerprint density at radius 3 is 2.75 bits per heavy atom. The molecule has 0 bridgehead atoms. The quantitative estimate of drug-likeness (QED) is 0.762. The van der Waals surface area contributed by atoms with Gasteiger partial charge in [0.15, 0.2) is 0 Å².